The van der Waals surface area contributed by atoms with E-state index >= 15 is 0 Å². The molecule has 2 aromatic rings. The van der Waals surface area contributed by atoms with Gasteiger partial charge in [0.15, 0.2) is 21.3 Å². The average Bonchev–Trinajstić information content (AvgIpc) is 2.90. The van der Waals surface area contributed by atoms with E-state index in [1.807, 2.05) is 18.2 Å². The third-order valence-electron chi connectivity index (χ3n) is 5.14. The number of sulfone groups is 1. The van der Waals surface area contributed by atoms with E-state index in [9.17, 15) is 8.42 Å². The first kappa shape index (κ1) is 20.8. The van der Waals surface area contributed by atoms with Gasteiger partial charge in [0.05, 0.1) is 29.4 Å². The summed E-state index contributed by atoms with van der Waals surface area (Å²) >= 11 is 6.64. The van der Waals surface area contributed by atoms with Crippen molar-refractivity contribution in [2.45, 2.75) is 43.3 Å². The quantitative estimate of drug-likeness (QED) is 0.676. The Labute approximate surface area is 172 Å². The second-order valence-corrected chi connectivity index (χ2v) is 10.0. The summed E-state index contributed by atoms with van der Waals surface area (Å²) in [5, 5.41) is 0.121. The third kappa shape index (κ3) is 3.67. The molecule has 5 nitrogen and oxygen atoms in total. The second kappa shape index (κ2) is 8.21. The van der Waals surface area contributed by atoms with Gasteiger partial charge in [-0.2, -0.15) is 0 Å². The Morgan fingerprint density at radius 1 is 1.07 bits per heavy atom. The van der Waals surface area contributed by atoms with Crippen molar-refractivity contribution in [3.05, 3.63) is 40.9 Å². The van der Waals surface area contributed by atoms with E-state index in [1.165, 1.54) is 0 Å². The SMILES string of the molecule is COc1cc2c(c(Cl)c1OC)CCCCN2c1ccc(S(=O)(=O)C(C)C)cc1. The number of methoxy groups -OCH3 is 2. The number of hydrogen-bond donors (Lipinski definition) is 0. The first-order valence-electron chi connectivity index (χ1n) is 9.36. The van der Waals surface area contributed by atoms with Gasteiger partial charge in [-0.25, -0.2) is 8.42 Å². The highest BCUT2D eigenvalue weighted by atomic mass is 35.5. The lowest BCUT2D eigenvalue weighted by atomic mass is 10.1. The minimum Gasteiger partial charge on any atom is -0.493 e. The second-order valence-electron chi connectivity index (χ2n) is 7.12. The maximum atomic E-state index is 12.4. The van der Waals surface area contributed by atoms with Gasteiger partial charge in [-0.1, -0.05) is 11.6 Å². The number of benzene rings is 2. The molecule has 3 rings (SSSR count). The van der Waals surface area contributed by atoms with Gasteiger partial charge in [0.2, 0.25) is 0 Å². The van der Waals surface area contributed by atoms with E-state index in [1.54, 1.807) is 40.2 Å². The molecule has 0 radical (unpaired) electrons. The normalized spacial score (nSPS) is 14.6. The third-order valence-corrected chi connectivity index (χ3v) is 7.71. The summed E-state index contributed by atoms with van der Waals surface area (Å²) < 4.78 is 35.8. The average molecular weight is 424 g/mol. The minimum atomic E-state index is -3.29. The summed E-state index contributed by atoms with van der Waals surface area (Å²) in [4.78, 5) is 2.51. The molecule has 1 aliphatic heterocycles. The van der Waals surface area contributed by atoms with Crippen molar-refractivity contribution >= 4 is 32.8 Å². The van der Waals surface area contributed by atoms with E-state index < -0.39 is 15.1 Å². The molecular formula is C21H26ClNO4S. The van der Waals surface area contributed by atoms with Gasteiger partial charge in [-0.15, -0.1) is 0 Å². The van der Waals surface area contributed by atoms with Crippen LogP contribution >= 0.6 is 11.6 Å². The van der Waals surface area contributed by atoms with Gasteiger partial charge >= 0.3 is 0 Å². The van der Waals surface area contributed by atoms with E-state index in [4.69, 9.17) is 21.1 Å². The maximum Gasteiger partial charge on any atom is 0.180 e. The van der Waals surface area contributed by atoms with Gasteiger partial charge in [-0.05, 0) is 62.9 Å². The zero-order chi connectivity index (χ0) is 20.5. The molecule has 1 aliphatic rings. The Bertz CT molecular complexity index is 955. The molecular weight excluding hydrogens is 398 g/mol. The van der Waals surface area contributed by atoms with Gasteiger partial charge in [0.1, 0.15) is 0 Å². The molecule has 0 aromatic heterocycles. The van der Waals surface area contributed by atoms with Crippen LogP contribution in [-0.4, -0.2) is 34.4 Å². The summed E-state index contributed by atoms with van der Waals surface area (Å²) in [6.45, 7) is 4.20. The van der Waals surface area contributed by atoms with Gasteiger partial charge < -0.3 is 14.4 Å². The van der Waals surface area contributed by atoms with E-state index in [0.29, 0.717) is 21.4 Å². The predicted octanol–water partition coefficient (Wildman–Crippen LogP) is 5.01. The molecule has 0 fully saturated rings. The van der Waals surface area contributed by atoms with Crippen LogP contribution in [-0.2, 0) is 16.3 Å². The van der Waals surface area contributed by atoms with Crippen LogP contribution < -0.4 is 14.4 Å². The number of halogens is 1. The van der Waals surface area contributed by atoms with Crippen LogP contribution in [0.15, 0.2) is 35.2 Å². The fraction of sp³-hybridized carbons (Fsp3) is 0.429. The molecule has 0 saturated carbocycles. The summed E-state index contributed by atoms with van der Waals surface area (Å²) in [5.41, 5.74) is 2.92. The molecule has 2 aromatic carbocycles. The van der Waals surface area contributed by atoms with Crippen molar-refractivity contribution in [3.8, 4) is 11.5 Å². The summed E-state index contributed by atoms with van der Waals surface area (Å²) in [7, 11) is -0.122. The monoisotopic (exact) mass is 423 g/mol. The van der Waals surface area contributed by atoms with Crippen molar-refractivity contribution < 1.29 is 17.9 Å². The Kier molecular flexibility index (Phi) is 6.10. The van der Waals surface area contributed by atoms with Crippen LogP contribution in [0.2, 0.25) is 5.02 Å². The van der Waals surface area contributed by atoms with Crippen LogP contribution in [0.3, 0.4) is 0 Å². The zero-order valence-electron chi connectivity index (χ0n) is 16.7. The molecule has 152 valence electrons. The first-order chi connectivity index (χ1) is 13.3. The van der Waals surface area contributed by atoms with Crippen LogP contribution in [0.25, 0.3) is 0 Å². The van der Waals surface area contributed by atoms with Crippen molar-refractivity contribution in [1.82, 2.24) is 0 Å². The molecule has 7 heteroatoms. The van der Waals surface area contributed by atoms with Crippen molar-refractivity contribution in [2.24, 2.45) is 0 Å². The lowest BCUT2D eigenvalue weighted by molar-refractivity contribution is 0.355. The highest BCUT2D eigenvalue weighted by molar-refractivity contribution is 7.92. The molecule has 0 bridgehead atoms. The van der Waals surface area contributed by atoms with Crippen LogP contribution in [0, 0.1) is 0 Å². The Hall–Kier alpha value is -1.92. The fourth-order valence-corrected chi connectivity index (χ4v) is 4.92. The summed E-state index contributed by atoms with van der Waals surface area (Å²) in [6, 6.07) is 9.02. The van der Waals surface area contributed by atoms with Crippen molar-refractivity contribution in [2.75, 3.05) is 25.7 Å². The Balaban J connectivity index is 2.08. The summed E-state index contributed by atoms with van der Waals surface area (Å²) in [5.74, 6) is 1.13. The van der Waals surface area contributed by atoms with E-state index in [0.717, 1.165) is 42.7 Å². The first-order valence-corrected chi connectivity index (χ1v) is 11.3. The molecule has 1 heterocycles. The molecule has 0 atom stereocenters. The molecule has 28 heavy (non-hydrogen) atoms. The van der Waals surface area contributed by atoms with Gasteiger partial charge in [-0.3, -0.25) is 0 Å². The summed E-state index contributed by atoms with van der Waals surface area (Å²) in [6.07, 6.45) is 2.87. The Morgan fingerprint density at radius 3 is 2.32 bits per heavy atom. The Morgan fingerprint density at radius 2 is 1.75 bits per heavy atom. The lowest BCUT2D eigenvalue weighted by Crippen LogP contribution is -2.19. The lowest BCUT2D eigenvalue weighted by Gasteiger charge is -2.27. The zero-order valence-corrected chi connectivity index (χ0v) is 18.2. The van der Waals surface area contributed by atoms with Crippen molar-refractivity contribution in [1.29, 1.82) is 0 Å². The van der Waals surface area contributed by atoms with Crippen LogP contribution in [0.4, 0.5) is 11.4 Å². The number of rotatable bonds is 5. The molecule has 0 unspecified atom stereocenters. The molecule has 0 amide bonds. The number of nitrogens with zero attached hydrogens (tertiary/aromatic N) is 1. The minimum absolute atomic E-state index is 0.339. The standard InChI is InChI=1S/C21H26ClNO4S/c1-14(2)28(24,25)16-10-8-15(9-11-16)23-12-6-5-7-17-18(23)13-19(26-3)21(27-4)20(17)22/h8-11,13-14H,5-7,12H2,1-4H3. The smallest absolute Gasteiger partial charge is 0.180 e. The number of hydrogen-bond acceptors (Lipinski definition) is 5. The number of anilines is 2. The van der Waals surface area contributed by atoms with Crippen LogP contribution in [0.5, 0.6) is 11.5 Å². The maximum absolute atomic E-state index is 12.4. The van der Waals surface area contributed by atoms with E-state index in [-0.39, 0.29) is 0 Å². The van der Waals surface area contributed by atoms with Gasteiger partial charge in [0, 0.05) is 24.0 Å². The van der Waals surface area contributed by atoms with Crippen LogP contribution in [0.1, 0.15) is 32.3 Å². The predicted molar refractivity (Wildman–Crippen MR) is 113 cm³/mol. The molecule has 0 spiro atoms. The highest BCUT2D eigenvalue weighted by Crippen LogP contribution is 2.46. The largest absolute Gasteiger partial charge is 0.493 e. The number of ether oxygens (including phenoxy) is 2. The van der Waals surface area contributed by atoms with Crippen molar-refractivity contribution in [3.63, 3.8) is 0 Å². The topological polar surface area (TPSA) is 55.8 Å². The number of fused-ring (bicyclic) bond motifs is 1. The molecule has 0 saturated heterocycles. The molecule has 0 aliphatic carbocycles. The highest BCUT2D eigenvalue weighted by Gasteiger charge is 2.25. The van der Waals surface area contributed by atoms with E-state index in [2.05, 4.69) is 4.90 Å². The fourth-order valence-electron chi connectivity index (χ4n) is 3.50. The van der Waals surface area contributed by atoms with Gasteiger partial charge in [0.25, 0.3) is 0 Å². The molecule has 0 N–H and O–H groups in total.